The number of aryl methyl sites for hydroxylation is 2. The molecule has 1 aliphatic rings. The highest BCUT2D eigenvalue weighted by Crippen LogP contribution is 2.23. The molecule has 0 aromatic carbocycles. The lowest BCUT2D eigenvalue weighted by Crippen LogP contribution is -2.30. The minimum atomic E-state index is 0.0501. The molecule has 21 heavy (non-hydrogen) atoms. The number of thiazole rings is 1. The molecule has 0 aliphatic carbocycles. The molecule has 2 aromatic heterocycles. The van der Waals surface area contributed by atoms with Crippen LogP contribution in [-0.4, -0.2) is 38.8 Å². The molecule has 0 N–H and O–H groups in total. The summed E-state index contributed by atoms with van der Waals surface area (Å²) >= 11 is 1.69. The number of hydrogen-bond donors (Lipinski definition) is 0. The van der Waals surface area contributed by atoms with Crippen LogP contribution in [0.1, 0.15) is 33.3 Å². The second kappa shape index (κ2) is 5.89. The number of carbonyl (C=O) groups is 1. The summed E-state index contributed by atoms with van der Waals surface area (Å²) < 4.78 is 0. The van der Waals surface area contributed by atoms with Crippen LogP contribution in [0.3, 0.4) is 0 Å². The van der Waals surface area contributed by atoms with Gasteiger partial charge in [0.2, 0.25) is 0 Å². The molecule has 110 valence electrons. The topological polar surface area (TPSA) is 59.0 Å². The lowest BCUT2D eigenvalue weighted by Gasteiger charge is -2.17. The van der Waals surface area contributed by atoms with Gasteiger partial charge in [-0.05, 0) is 26.2 Å². The number of rotatable bonds is 3. The summed E-state index contributed by atoms with van der Waals surface area (Å²) in [5, 5.41) is 3.16. The van der Waals surface area contributed by atoms with Gasteiger partial charge in [0, 0.05) is 37.3 Å². The Morgan fingerprint density at radius 3 is 3.00 bits per heavy atom. The molecule has 0 spiro atoms. The number of likely N-dealkylation sites (tertiary alicyclic amines) is 1. The first-order valence-electron chi connectivity index (χ1n) is 7.11. The van der Waals surface area contributed by atoms with E-state index in [-0.39, 0.29) is 5.91 Å². The molecule has 0 radical (unpaired) electrons. The summed E-state index contributed by atoms with van der Waals surface area (Å²) in [7, 11) is 0. The summed E-state index contributed by atoms with van der Waals surface area (Å²) in [5.74, 6) is 1.26. The smallest absolute Gasteiger partial charge is 0.257 e. The minimum Gasteiger partial charge on any atom is -0.338 e. The highest BCUT2D eigenvalue weighted by atomic mass is 32.1. The van der Waals surface area contributed by atoms with Crippen LogP contribution in [-0.2, 0) is 6.42 Å². The molecule has 0 saturated carbocycles. The Kier molecular flexibility index (Phi) is 3.96. The SMILES string of the molecule is Cc1ncc(C(=O)N2CC[C@H](Cc3nccs3)C2)c(C)n1. The van der Waals surface area contributed by atoms with E-state index in [0.717, 1.165) is 36.6 Å². The van der Waals surface area contributed by atoms with Gasteiger partial charge >= 0.3 is 0 Å². The van der Waals surface area contributed by atoms with Crippen LogP contribution in [0, 0.1) is 19.8 Å². The van der Waals surface area contributed by atoms with Crippen LogP contribution >= 0.6 is 11.3 Å². The molecule has 1 amide bonds. The highest BCUT2D eigenvalue weighted by molar-refractivity contribution is 7.09. The van der Waals surface area contributed by atoms with Crippen LogP contribution < -0.4 is 0 Å². The molecule has 1 atom stereocenters. The lowest BCUT2D eigenvalue weighted by atomic mass is 10.1. The molecule has 3 heterocycles. The number of nitrogens with zero attached hydrogens (tertiary/aromatic N) is 4. The Labute approximate surface area is 128 Å². The van der Waals surface area contributed by atoms with Crippen molar-refractivity contribution in [3.8, 4) is 0 Å². The van der Waals surface area contributed by atoms with Crippen LogP contribution in [0.2, 0.25) is 0 Å². The lowest BCUT2D eigenvalue weighted by molar-refractivity contribution is 0.0785. The zero-order valence-corrected chi connectivity index (χ0v) is 13.1. The van der Waals surface area contributed by atoms with Gasteiger partial charge in [-0.1, -0.05) is 0 Å². The van der Waals surface area contributed by atoms with Gasteiger partial charge in [0.05, 0.1) is 16.3 Å². The predicted molar refractivity (Wildman–Crippen MR) is 81.3 cm³/mol. The third-order valence-corrected chi connectivity index (χ3v) is 4.65. The van der Waals surface area contributed by atoms with Gasteiger partial charge in [-0.15, -0.1) is 11.3 Å². The van der Waals surface area contributed by atoms with E-state index in [9.17, 15) is 4.79 Å². The summed E-state index contributed by atoms with van der Waals surface area (Å²) in [5.41, 5.74) is 1.38. The van der Waals surface area contributed by atoms with E-state index in [2.05, 4.69) is 15.0 Å². The quantitative estimate of drug-likeness (QED) is 0.872. The largest absolute Gasteiger partial charge is 0.338 e. The molecular weight excluding hydrogens is 284 g/mol. The zero-order valence-electron chi connectivity index (χ0n) is 12.2. The van der Waals surface area contributed by atoms with Crippen LogP contribution in [0.4, 0.5) is 0 Å². The van der Waals surface area contributed by atoms with E-state index in [0.29, 0.717) is 17.3 Å². The maximum Gasteiger partial charge on any atom is 0.257 e. The van der Waals surface area contributed by atoms with E-state index in [1.807, 2.05) is 30.3 Å². The maximum atomic E-state index is 12.6. The zero-order chi connectivity index (χ0) is 14.8. The fraction of sp³-hybridized carbons (Fsp3) is 0.467. The van der Waals surface area contributed by atoms with Crippen molar-refractivity contribution in [1.29, 1.82) is 0 Å². The fourth-order valence-corrected chi connectivity index (χ4v) is 3.48. The van der Waals surface area contributed by atoms with Crippen molar-refractivity contribution in [3.05, 3.63) is 39.9 Å². The van der Waals surface area contributed by atoms with Gasteiger partial charge < -0.3 is 4.90 Å². The Balaban J connectivity index is 1.66. The number of carbonyl (C=O) groups excluding carboxylic acids is 1. The predicted octanol–water partition coefficient (Wildman–Crippen LogP) is 2.25. The molecule has 6 heteroatoms. The molecule has 1 saturated heterocycles. The first-order chi connectivity index (χ1) is 10.1. The summed E-state index contributed by atoms with van der Waals surface area (Å²) in [6.45, 7) is 5.31. The molecule has 0 bridgehead atoms. The second-order valence-corrected chi connectivity index (χ2v) is 6.43. The Morgan fingerprint density at radius 2 is 2.29 bits per heavy atom. The fourth-order valence-electron chi connectivity index (χ4n) is 2.75. The van der Waals surface area contributed by atoms with Crippen LogP contribution in [0.15, 0.2) is 17.8 Å². The maximum absolute atomic E-state index is 12.6. The van der Waals surface area contributed by atoms with Crippen molar-refractivity contribution in [2.75, 3.05) is 13.1 Å². The van der Waals surface area contributed by atoms with Gasteiger partial charge in [-0.25, -0.2) is 15.0 Å². The first-order valence-corrected chi connectivity index (χ1v) is 7.99. The van der Waals surface area contributed by atoms with Crippen LogP contribution in [0.25, 0.3) is 0 Å². The van der Waals surface area contributed by atoms with E-state index in [1.54, 1.807) is 17.5 Å². The molecule has 3 rings (SSSR count). The summed E-state index contributed by atoms with van der Waals surface area (Å²) in [4.78, 5) is 27.2. The highest BCUT2D eigenvalue weighted by Gasteiger charge is 2.28. The molecule has 2 aromatic rings. The van der Waals surface area contributed by atoms with Crippen molar-refractivity contribution < 1.29 is 4.79 Å². The first kappa shape index (κ1) is 14.1. The molecule has 1 aliphatic heterocycles. The number of hydrogen-bond acceptors (Lipinski definition) is 5. The third kappa shape index (κ3) is 3.10. The van der Waals surface area contributed by atoms with Crippen molar-refractivity contribution in [1.82, 2.24) is 19.9 Å². The van der Waals surface area contributed by atoms with Gasteiger partial charge in [-0.2, -0.15) is 0 Å². The Bertz CT molecular complexity index is 641. The molecule has 5 nitrogen and oxygen atoms in total. The normalized spacial score (nSPS) is 18.2. The van der Waals surface area contributed by atoms with E-state index >= 15 is 0 Å². The van der Waals surface area contributed by atoms with Gasteiger partial charge in [-0.3, -0.25) is 4.79 Å². The van der Waals surface area contributed by atoms with E-state index in [1.165, 1.54) is 0 Å². The molecule has 0 unspecified atom stereocenters. The average Bonchev–Trinajstić information content (AvgIpc) is 3.10. The number of aromatic nitrogens is 3. The van der Waals surface area contributed by atoms with Crippen LogP contribution in [0.5, 0.6) is 0 Å². The van der Waals surface area contributed by atoms with Gasteiger partial charge in [0.1, 0.15) is 5.82 Å². The average molecular weight is 302 g/mol. The summed E-state index contributed by atoms with van der Waals surface area (Å²) in [6.07, 6.45) is 5.49. The van der Waals surface area contributed by atoms with Gasteiger partial charge in [0.15, 0.2) is 0 Å². The molecule has 1 fully saturated rings. The second-order valence-electron chi connectivity index (χ2n) is 5.45. The van der Waals surface area contributed by atoms with Crippen molar-refractivity contribution in [2.45, 2.75) is 26.7 Å². The Hall–Kier alpha value is -1.82. The van der Waals surface area contributed by atoms with Crippen molar-refractivity contribution in [3.63, 3.8) is 0 Å². The monoisotopic (exact) mass is 302 g/mol. The van der Waals surface area contributed by atoms with E-state index < -0.39 is 0 Å². The standard InChI is InChI=1S/C15H18N4OS/c1-10-13(8-17-11(2)18-10)15(20)19-5-3-12(9-19)7-14-16-4-6-21-14/h4,6,8,12H,3,5,7,9H2,1-2H3/t12-/m1/s1. The number of amides is 1. The van der Waals surface area contributed by atoms with E-state index in [4.69, 9.17) is 0 Å². The minimum absolute atomic E-state index is 0.0501. The summed E-state index contributed by atoms with van der Waals surface area (Å²) in [6, 6.07) is 0. The van der Waals surface area contributed by atoms with Crippen molar-refractivity contribution in [2.24, 2.45) is 5.92 Å². The van der Waals surface area contributed by atoms with Crippen molar-refractivity contribution >= 4 is 17.2 Å². The third-order valence-electron chi connectivity index (χ3n) is 3.85. The Morgan fingerprint density at radius 1 is 1.43 bits per heavy atom. The molecular formula is C15H18N4OS. The van der Waals surface area contributed by atoms with Gasteiger partial charge in [0.25, 0.3) is 5.91 Å².